The van der Waals surface area contributed by atoms with Gasteiger partial charge in [-0.05, 0) is 169 Å². The van der Waals surface area contributed by atoms with E-state index < -0.39 is 0 Å². The topological polar surface area (TPSA) is 6.48 Å². The van der Waals surface area contributed by atoms with Crippen molar-refractivity contribution in [3.63, 3.8) is 0 Å². The number of unbranched alkanes of at least 4 members (excludes halogenated alkanes) is 4. The third-order valence-electron chi connectivity index (χ3n) is 18.6. The van der Waals surface area contributed by atoms with Crippen molar-refractivity contribution in [3.8, 4) is 0 Å². The Kier molecular flexibility index (Phi) is 16.9. The fourth-order valence-corrected chi connectivity index (χ4v) is 14.0. The Bertz CT molecular complexity index is 2980. The van der Waals surface area contributed by atoms with Crippen molar-refractivity contribution in [3.05, 3.63) is 226 Å². The third-order valence-corrected chi connectivity index (χ3v) is 18.6. The SMILES string of the molecule is C=C(C=C/C=C1\N(C)c2ccc(C)cc2C1(CC)CCC)C(C)(CCCCCCCC(C)(C(=C)C=C/C=C1/N(C)c2ccc(C)cc2C1(CC)CCC)c1cc2ccccc2cc1C)c1cc2ccccc2cc1C. The molecule has 0 fully saturated rings. The van der Waals surface area contributed by atoms with Crippen molar-refractivity contribution in [1.29, 1.82) is 0 Å². The quantitative estimate of drug-likeness (QED) is 0.0494. The van der Waals surface area contributed by atoms with Gasteiger partial charge in [-0.3, -0.25) is 0 Å². The van der Waals surface area contributed by atoms with E-state index >= 15 is 0 Å². The van der Waals surface area contributed by atoms with Crippen LogP contribution in [0, 0.1) is 27.7 Å². The Balaban J connectivity index is 1.01. The van der Waals surface area contributed by atoms with Crippen LogP contribution in [-0.2, 0) is 21.7 Å². The number of rotatable bonds is 22. The Morgan fingerprint density at radius 3 is 1.21 bits per heavy atom. The minimum absolute atomic E-state index is 0.0119. The second kappa shape index (κ2) is 23.0. The van der Waals surface area contributed by atoms with Gasteiger partial charge in [0.25, 0.3) is 0 Å². The molecule has 2 aliphatic heterocycles. The van der Waals surface area contributed by atoms with E-state index in [0.717, 1.165) is 64.2 Å². The van der Waals surface area contributed by atoms with Crippen molar-refractivity contribution >= 4 is 32.9 Å². The maximum absolute atomic E-state index is 4.91. The lowest BCUT2D eigenvalue weighted by Gasteiger charge is -2.34. The van der Waals surface area contributed by atoms with Crippen molar-refractivity contribution in [1.82, 2.24) is 0 Å². The number of hydrogen-bond acceptors (Lipinski definition) is 2. The normalized spacial score (nSPS) is 20.2. The molecule has 8 rings (SSSR count). The zero-order valence-electron chi connectivity index (χ0n) is 48.4. The summed E-state index contributed by atoms with van der Waals surface area (Å²) in [6.45, 7) is 33.2. The zero-order valence-corrected chi connectivity index (χ0v) is 48.4. The monoisotopic (exact) mass is 995 g/mol. The Morgan fingerprint density at radius 1 is 0.493 bits per heavy atom. The molecule has 0 saturated heterocycles. The van der Waals surface area contributed by atoms with E-state index in [1.807, 2.05) is 0 Å². The third kappa shape index (κ3) is 10.5. The average Bonchev–Trinajstić information content (AvgIpc) is 3.76. The van der Waals surface area contributed by atoms with E-state index in [9.17, 15) is 0 Å². The summed E-state index contributed by atoms with van der Waals surface area (Å²) in [4.78, 5) is 4.90. The lowest BCUT2D eigenvalue weighted by Crippen LogP contribution is -2.29. The molecule has 2 nitrogen and oxygen atoms in total. The summed E-state index contributed by atoms with van der Waals surface area (Å²) in [5, 5.41) is 5.19. The van der Waals surface area contributed by atoms with E-state index in [-0.39, 0.29) is 21.7 Å². The van der Waals surface area contributed by atoms with E-state index in [0.29, 0.717) is 0 Å². The summed E-state index contributed by atoms with van der Waals surface area (Å²) >= 11 is 0. The molecule has 0 amide bonds. The van der Waals surface area contributed by atoms with Crippen LogP contribution in [-0.4, -0.2) is 14.1 Å². The molecule has 0 aliphatic carbocycles. The molecule has 0 spiro atoms. The minimum atomic E-state index is -0.218. The Labute approximate surface area is 454 Å². The molecule has 2 aliphatic rings. The van der Waals surface area contributed by atoms with Gasteiger partial charge in [-0.25, -0.2) is 0 Å². The molecule has 6 aromatic rings. The van der Waals surface area contributed by atoms with Crippen molar-refractivity contribution in [2.75, 3.05) is 23.9 Å². The minimum Gasteiger partial charge on any atom is -0.347 e. The predicted molar refractivity (Wildman–Crippen MR) is 330 cm³/mol. The molecule has 0 radical (unpaired) electrons. The van der Waals surface area contributed by atoms with Crippen LogP contribution in [0.1, 0.15) is 170 Å². The lowest BCUT2D eigenvalue weighted by atomic mass is 9.70. The highest BCUT2D eigenvalue weighted by Gasteiger charge is 2.45. The molecule has 6 aromatic carbocycles. The van der Waals surface area contributed by atoms with Crippen molar-refractivity contribution in [2.24, 2.45) is 0 Å². The van der Waals surface area contributed by atoms with Gasteiger partial charge in [0.1, 0.15) is 0 Å². The smallest absolute Gasteiger partial charge is 0.0448 e. The first-order valence-corrected chi connectivity index (χ1v) is 28.9. The van der Waals surface area contributed by atoms with Crippen LogP contribution in [0.25, 0.3) is 21.5 Å². The van der Waals surface area contributed by atoms with Gasteiger partial charge in [0, 0.05) is 58.5 Å². The molecule has 392 valence electrons. The predicted octanol–water partition coefficient (Wildman–Crippen LogP) is 20.4. The van der Waals surface area contributed by atoms with Crippen molar-refractivity contribution in [2.45, 2.75) is 174 Å². The number of nitrogens with zero attached hydrogens (tertiary/aromatic N) is 2. The molecular weight excluding hydrogens is 905 g/mol. The van der Waals surface area contributed by atoms with Gasteiger partial charge in [-0.1, -0.05) is 220 Å². The first-order chi connectivity index (χ1) is 36.0. The highest BCUT2D eigenvalue weighted by molar-refractivity contribution is 5.86. The first kappa shape index (κ1) is 55.1. The van der Waals surface area contributed by atoms with Crippen molar-refractivity contribution < 1.29 is 0 Å². The molecule has 0 bridgehead atoms. The molecular formula is C73H90N2. The fourth-order valence-electron chi connectivity index (χ4n) is 14.0. The van der Waals surface area contributed by atoms with Gasteiger partial charge in [0.2, 0.25) is 0 Å². The van der Waals surface area contributed by atoms with Gasteiger partial charge < -0.3 is 9.80 Å². The van der Waals surface area contributed by atoms with Crippen LogP contribution < -0.4 is 9.80 Å². The molecule has 2 heteroatoms. The van der Waals surface area contributed by atoms with Gasteiger partial charge in [0.15, 0.2) is 0 Å². The van der Waals surface area contributed by atoms with Crippen LogP contribution in [0.5, 0.6) is 0 Å². The van der Waals surface area contributed by atoms with Gasteiger partial charge >= 0.3 is 0 Å². The van der Waals surface area contributed by atoms with Gasteiger partial charge in [-0.15, -0.1) is 0 Å². The summed E-state index contributed by atoms with van der Waals surface area (Å²) in [6.07, 6.45) is 28.8. The number of likely N-dealkylation sites (N-methyl/N-ethyl adjacent to an activating group) is 2. The summed E-state index contributed by atoms with van der Waals surface area (Å²) < 4.78 is 0. The van der Waals surface area contributed by atoms with E-state index in [2.05, 4.69) is 239 Å². The molecule has 0 saturated carbocycles. The number of hydrogen-bond donors (Lipinski definition) is 0. The van der Waals surface area contributed by atoms with Gasteiger partial charge in [0.05, 0.1) is 0 Å². The molecule has 0 N–H and O–H groups in total. The number of benzene rings is 6. The largest absolute Gasteiger partial charge is 0.347 e. The Morgan fingerprint density at radius 2 is 0.853 bits per heavy atom. The summed E-state index contributed by atoms with van der Waals surface area (Å²) in [6, 6.07) is 41.4. The van der Waals surface area contributed by atoms with Gasteiger partial charge in [-0.2, -0.15) is 0 Å². The molecule has 4 atom stereocenters. The molecule has 75 heavy (non-hydrogen) atoms. The summed E-state index contributed by atoms with van der Waals surface area (Å²) in [5.74, 6) is 0. The molecule has 2 heterocycles. The van der Waals surface area contributed by atoms with Crippen LogP contribution >= 0.6 is 0 Å². The van der Waals surface area contributed by atoms with Crippen LogP contribution in [0.3, 0.4) is 0 Å². The second-order valence-electron chi connectivity index (χ2n) is 23.4. The molecule has 0 aromatic heterocycles. The van der Waals surface area contributed by atoms with E-state index in [4.69, 9.17) is 13.2 Å². The highest BCUT2D eigenvalue weighted by atomic mass is 15.2. The lowest BCUT2D eigenvalue weighted by molar-refractivity contribution is 0.449. The van der Waals surface area contributed by atoms with Crippen LogP contribution in [0.4, 0.5) is 11.4 Å². The Hall–Kier alpha value is -6.12. The number of fused-ring (bicyclic) bond motifs is 4. The first-order valence-electron chi connectivity index (χ1n) is 28.9. The zero-order chi connectivity index (χ0) is 53.7. The van der Waals surface area contributed by atoms with Crippen LogP contribution in [0.15, 0.2) is 181 Å². The molecule has 4 unspecified atom stereocenters. The number of allylic oxidation sites excluding steroid dienone is 10. The van der Waals surface area contributed by atoms with E-state index in [1.165, 1.54) is 119 Å². The summed E-state index contributed by atoms with van der Waals surface area (Å²) in [5.41, 5.74) is 18.5. The maximum atomic E-state index is 4.91. The van der Waals surface area contributed by atoms with Crippen LogP contribution in [0.2, 0.25) is 0 Å². The highest BCUT2D eigenvalue weighted by Crippen LogP contribution is 2.54. The summed E-state index contributed by atoms with van der Waals surface area (Å²) in [7, 11) is 4.52. The number of anilines is 2. The number of aryl methyl sites for hydroxylation is 4. The average molecular weight is 996 g/mol. The fraction of sp³-hybridized carbons (Fsp3) is 0.397. The standard InChI is InChI=1S/C73H90N2/c1-15-42-72(17-3)64-46-52(5)38-40-66(64)74(13)68(72)36-28-30-56(9)70(11,62-50-60-34-24-22-32-58(60)48-54(62)7)44-26-20-19-21-27-45-71(12,63-51-61-35-25-23-33-59(61)49-55(63)8)57(10)31-29-37-69-73(18-4,43-16-2)65-47-53(6)39-41-67(65)75(69)14/h22-25,28-41,46-51H,9-10,15-21,26-27,42-45H2,1-8,11-14H3/b30-28?,31-29?,68-36-,69-37+. The second-order valence-corrected chi connectivity index (χ2v) is 23.4. The maximum Gasteiger partial charge on any atom is 0.0448 e. The van der Waals surface area contributed by atoms with E-state index in [1.54, 1.807) is 0 Å².